The molecule has 10 nitrogen and oxygen atoms in total. The minimum Gasteiger partial charge on any atom is -0.356 e. The smallest absolute Gasteiger partial charge is 0.291 e. The molecule has 0 rings (SSSR count). The second-order valence-corrected chi connectivity index (χ2v) is 7.36. The summed E-state index contributed by atoms with van der Waals surface area (Å²) in [6.07, 6.45) is 17.4. The van der Waals surface area contributed by atoms with Gasteiger partial charge >= 0.3 is 0 Å². The van der Waals surface area contributed by atoms with Crippen molar-refractivity contribution < 1.29 is 19.9 Å². The highest BCUT2D eigenvalue weighted by molar-refractivity contribution is 4.48. The molecule has 166 valence electrons. The standard InChI is InChI=1S/C17H38N.HNO3.NO3.H3N/c1-5-6-7-8-9-10-11-12-13-14-15-16-17-18(2,3)4;2*2-1(3)4;/h5-17H2,1-4H3;(H,2,3,4);;1H3/q+1;;-1;. The summed E-state index contributed by atoms with van der Waals surface area (Å²) in [6.45, 7) is 3.62. The van der Waals surface area contributed by atoms with Crippen LogP contribution in [0.5, 0.6) is 0 Å². The van der Waals surface area contributed by atoms with Crippen LogP contribution in [-0.2, 0) is 0 Å². The van der Waals surface area contributed by atoms with E-state index in [0.717, 1.165) is 4.48 Å². The first-order chi connectivity index (χ1) is 12.0. The van der Waals surface area contributed by atoms with Crippen molar-refractivity contribution >= 4 is 0 Å². The highest BCUT2D eigenvalue weighted by Crippen LogP contribution is 2.12. The molecular formula is C17H42N4O6. The van der Waals surface area contributed by atoms with Crippen LogP contribution in [0.2, 0.25) is 0 Å². The van der Waals surface area contributed by atoms with Crippen LogP contribution in [0.3, 0.4) is 0 Å². The van der Waals surface area contributed by atoms with Crippen molar-refractivity contribution in [3.63, 3.8) is 0 Å². The minimum absolute atomic E-state index is 0. The molecule has 27 heavy (non-hydrogen) atoms. The topological polar surface area (TPSA) is 165 Å². The average molecular weight is 399 g/mol. The Balaban J connectivity index is -0.000000247. The Kier molecular flexibility index (Phi) is 29.7. The van der Waals surface area contributed by atoms with Gasteiger partial charge in [-0.1, -0.05) is 71.1 Å². The highest BCUT2D eigenvalue weighted by Gasteiger charge is 2.04. The zero-order valence-electron chi connectivity index (χ0n) is 17.7. The molecule has 0 radical (unpaired) electrons. The number of hydrogen-bond donors (Lipinski definition) is 2. The van der Waals surface area contributed by atoms with Gasteiger partial charge in [0, 0.05) is 0 Å². The van der Waals surface area contributed by atoms with Crippen LogP contribution in [-0.4, -0.2) is 47.6 Å². The van der Waals surface area contributed by atoms with Crippen LogP contribution in [0.15, 0.2) is 0 Å². The summed E-state index contributed by atoms with van der Waals surface area (Å²) in [4.78, 5) is 16.6. The van der Waals surface area contributed by atoms with Gasteiger partial charge in [-0.05, 0) is 12.8 Å². The van der Waals surface area contributed by atoms with Gasteiger partial charge in [0.1, 0.15) is 0 Å². The Bertz CT molecular complexity index is 305. The van der Waals surface area contributed by atoms with E-state index in [1.807, 2.05) is 0 Å². The summed E-state index contributed by atoms with van der Waals surface area (Å²) in [5, 5.41) is 28.4. The molecule has 0 aromatic heterocycles. The fourth-order valence-corrected chi connectivity index (χ4v) is 2.43. The maximum Gasteiger partial charge on any atom is 0.291 e. The highest BCUT2D eigenvalue weighted by atomic mass is 16.9. The molecule has 0 aromatic rings. The molecule has 0 aliphatic carbocycles. The summed E-state index contributed by atoms with van der Waals surface area (Å²) in [5.41, 5.74) is 0. The van der Waals surface area contributed by atoms with Gasteiger partial charge in [-0.2, -0.15) is 0 Å². The van der Waals surface area contributed by atoms with Crippen LogP contribution < -0.4 is 6.15 Å². The van der Waals surface area contributed by atoms with Crippen LogP contribution in [0.4, 0.5) is 0 Å². The van der Waals surface area contributed by atoms with Crippen molar-refractivity contribution in [1.29, 1.82) is 0 Å². The van der Waals surface area contributed by atoms with Crippen molar-refractivity contribution in [2.24, 2.45) is 0 Å². The number of nitrogens with zero attached hydrogens (tertiary/aromatic N) is 3. The van der Waals surface area contributed by atoms with E-state index >= 15 is 0 Å². The van der Waals surface area contributed by atoms with Crippen LogP contribution in [0.25, 0.3) is 0 Å². The monoisotopic (exact) mass is 398 g/mol. The van der Waals surface area contributed by atoms with Gasteiger partial charge in [0.15, 0.2) is 0 Å². The summed E-state index contributed by atoms with van der Waals surface area (Å²) in [6, 6.07) is 0. The van der Waals surface area contributed by atoms with Crippen molar-refractivity contribution in [2.75, 3.05) is 27.7 Å². The van der Waals surface area contributed by atoms with Gasteiger partial charge in [0.2, 0.25) is 0 Å². The molecule has 4 N–H and O–H groups in total. The molecule has 0 spiro atoms. The lowest BCUT2D eigenvalue weighted by Crippen LogP contribution is -2.35. The average Bonchev–Trinajstić information content (AvgIpc) is 2.46. The quantitative estimate of drug-likeness (QED) is 0.191. The maximum absolute atomic E-state index is 8.36. The van der Waals surface area contributed by atoms with E-state index in [0.29, 0.717) is 0 Å². The number of hydrogen-bond acceptors (Lipinski definition) is 6. The lowest BCUT2D eigenvalue weighted by molar-refractivity contribution is -0.870. The predicted molar refractivity (Wildman–Crippen MR) is 108 cm³/mol. The zero-order valence-corrected chi connectivity index (χ0v) is 17.7. The van der Waals surface area contributed by atoms with Gasteiger partial charge in [-0.25, -0.2) is 0 Å². The van der Waals surface area contributed by atoms with E-state index in [2.05, 4.69) is 28.1 Å². The van der Waals surface area contributed by atoms with E-state index in [1.165, 1.54) is 83.6 Å². The molecule has 0 aliphatic heterocycles. The first kappa shape index (κ1) is 32.9. The van der Waals surface area contributed by atoms with Crippen LogP contribution in [0, 0.1) is 25.4 Å². The molecule has 0 aromatic carbocycles. The summed E-state index contributed by atoms with van der Waals surface area (Å²) < 4.78 is 1.12. The Morgan fingerprint density at radius 3 is 1.15 bits per heavy atom. The third-order valence-electron chi connectivity index (χ3n) is 3.68. The molecule has 0 atom stereocenters. The molecule has 0 unspecified atom stereocenters. The molecule has 0 heterocycles. The maximum atomic E-state index is 8.36. The van der Waals surface area contributed by atoms with Gasteiger partial charge in [-0.15, -0.1) is 10.1 Å². The Morgan fingerprint density at radius 2 is 0.926 bits per heavy atom. The molecule has 0 amide bonds. The van der Waals surface area contributed by atoms with E-state index in [1.54, 1.807) is 0 Å². The lowest BCUT2D eigenvalue weighted by atomic mass is 10.1. The second-order valence-electron chi connectivity index (χ2n) is 7.36. The van der Waals surface area contributed by atoms with Crippen molar-refractivity contribution in [3.8, 4) is 0 Å². The van der Waals surface area contributed by atoms with E-state index < -0.39 is 10.2 Å². The van der Waals surface area contributed by atoms with Crippen LogP contribution in [0.1, 0.15) is 84.0 Å². The van der Waals surface area contributed by atoms with Crippen molar-refractivity contribution in [2.45, 2.75) is 84.0 Å². The SMILES string of the molecule is CCCCCCCCCCCCCC[N+](C)(C)C.N.O=[N+]([O-])O.O=[N+]([O-])[O-]. The third kappa shape index (κ3) is 68.3. The third-order valence-corrected chi connectivity index (χ3v) is 3.68. The molecule has 0 bridgehead atoms. The molecule has 0 aliphatic rings. The largest absolute Gasteiger partial charge is 0.356 e. The zero-order chi connectivity index (χ0) is 20.8. The van der Waals surface area contributed by atoms with Gasteiger partial charge in [-0.3, -0.25) is 0 Å². The number of unbranched alkanes of at least 4 members (excludes halogenated alkanes) is 11. The molecule has 0 fully saturated rings. The Labute approximate surface area is 163 Å². The molecule has 10 heteroatoms. The van der Waals surface area contributed by atoms with Gasteiger partial charge < -0.3 is 31.2 Å². The predicted octanol–water partition coefficient (Wildman–Crippen LogP) is 4.97. The minimum atomic E-state index is -1.75. The first-order valence-electron chi connectivity index (χ1n) is 9.48. The lowest BCUT2D eigenvalue weighted by Gasteiger charge is -2.23. The van der Waals surface area contributed by atoms with E-state index in [4.69, 9.17) is 30.6 Å². The van der Waals surface area contributed by atoms with Crippen LogP contribution >= 0.6 is 0 Å². The fourth-order valence-electron chi connectivity index (χ4n) is 2.43. The van der Waals surface area contributed by atoms with Gasteiger partial charge in [0.05, 0.1) is 32.8 Å². The van der Waals surface area contributed by atoms with E-state index in [9.17, 15) is 0 Å². The second kappa shape index (κ2) is 24.3. The Morgan fingerprint density at radius 1 is 0.704 bits per heavy atom. The first-order valence-corrected chi connectivity index (χ1v) is 9.48. The number of quaternary nitrogens is 1. The summed E-state index contributed by atoms with van der Waals surface area (Å²) in [5.74, 6) is 0. The fraction of sp³-hybridized carbons (Fsp3) is 1.00. The van der Waals surface area contributed by atoms with E-state index in [-0.39, 0.29) is 6.15 Å². The van der Waals surface area contributed by atoms with Crippen molar-refractivity contribution in [1.82, 2.24) is 6.15 Å². The summed E-state index contributed by atoms with van der Waals surface area (Å²) >= 11 is 0. The van der Waals surface area contributed by atoms with Crippen molar-refractivity contribution in [3.05, 3.63) is 25.4 Å². The Hall–Kier alpha value is -1.68. The molecular weight excluding hydrogens is 356 g/mol. The van der Waals surface area contributed by atoms with Gasteiger partial charge in [0.25, 0.3) is 5.09 Å². The molecule has 0 saturated carbocycles. The summed E-state index contributed by atoms with van der Waals surface area (Å²) in [7, 11) is 6.87. The molecule has 0 saturated heterocycles. The number of rotatable bonds is 13. The normalized spacial score (nSPS) is 9.78.